The summed E-state index contributed by atoms with van der Waals surface area (Å²) in [5.74, 6) is 0. The van der Waals surface area contributed by atoms with Crippen LogP contribution in [0.3, 0.4) is 0 Å². The van der Waals surface area contributed by atoms with E-state index in [2.05, 4.69) is 33.2 Å². The van der Waals surface area contributed by atoms with Gasteiger partial charge < -0.3 is 10.2 Å². The average molecular weight is 258 g/mol. The first-order valence-electron chi connectivity index (χ1n) is 6.87. The second-order valence-electron chi connectivity index (χ2n) is 5.28. The zero-order valence-corrected chi connectivity index (χ0v) is 11.9. The van der Waals surface area contributed by atoms with Crippen molar-refractivity contribution in [3.05, 3.63) is 0 Å². The van der Waals surface area contributed by atoms with Gasteiger partial charge in [0.15, 0.2) is 0 Å². The van der Waals surface area contributed by atoms with E-state index in [1.165, 1.54) is 45.4 Å². The molecule has 5 heteroatoms. The van der Waals surface area contributed by atoms with E-state index in [1.54, 1.807) is 0 Å². The van der Waals surface area contributed by atoms with Crippen LogP contribution in [0, 0.1) is 0 Å². The fourth-order valence-electron chi connectivity index (χ4n) is 2.51. The maximum Gasteiger partial charge on any atom is 0.0323 e. The van der Waals surface area contributed by atoms with Gasteiger partial charge in [0, 0.05) is 43.9 Å². The zero-order valence-electron chi connectivity index (χ0n) is 11.1. The molecule has 0 aromatic carbocycles. The molecule has 0 bridgehead atoms. The molecule has 2 saturated heterocycles. The summed E-state index contributed by atoms with van der Waals surface area (Å²) in [5.41, 5.74) is 0. The summed E-state index contributed by atoms with van der Waals surface area (Å²) in [4.78, 5) is 2.40. The summed E-state index contributed by atoms with van der Waals surface area (Å²) >= 11 is 1.84. The lowest BCUT2D eigenvalue weighted by molar-refractivity contribution is 0.408. The Bertz CT molecular complexity index is 227. The standard InChI is InChI=1S/C12H26N4S/c1-3-6-13-11-5-8-16(10-11)17-14-12-4-7-15(2)9-12/h11-14H,3-10H2,1-2H3. The van der Waals surface area contributed by atoms with Crippen LogP contribution in [0.2, 0.25) is 0 Å². The normalized spacial score (nSPS) is 31.4. The Kier molecular flexibility index (Phi) is 5.56. The summed E-state index contributed by atoms with van der Waals surface area (Å²) in [6.45, 7) is 8.20. The van der Waals surface area contributed by atoms with Crippen molar-refractivity contribution in [2.75, 3.05) is 39.8 Å². The molecule has 2 fully saturated rings. The number of nitrogens with zero attached hydrogens (tertiary/aromatic N) is 2. The van der Waals surface area contributed by atoms with E-state index < -0.39 is 0 Å². The van der Waals surface area contributed by atoms with Crippen molar-refractivity contribution in [3.63, 3.8) is 0 Å². The maximum absolute atomic E-state index is 3.61. The highest BCUT2D eigenvalue weighted by atomic mass is 32.2. The Hall–Kier alpha value is 0.190. The van der Waals surface area contributed by atoms with E-state index in [9.17, 15) is 0 Å². The highest BCUT2D eigenvalue weighted by Crippen LogP contribution is 2.18. The third kappa shape index (κ3) is 4.41. The number of nitrogens with one attached hydrogen (secondary N) is 2. The molecule has 2 heterocycles. The zero-order chi connectivity index (χ0) is 12.1. The first kappa shape index (κ1) is 13.6. The fraction of sp³-hybridized carbons (Fsp3) is 1.00. The van der Waals surface area contributed by atoms with Crippen molar-refractivity contribution in [1.29, 1.82) is 0 Å². The Morgan fingerprint density at radius 1 is 1.18 bits per heavy atom. The molecule has 2 aliphatic heterocycles. The van der Waals surface area contributed by atoms with Crippen molar-refractivity contribution in [3.8, 4) is 0 Å². The van der Waals surface area contributed by atoms with Gasteiger partial charge in [0.25, 0.3) is 0 Å². The van der Waals surface area contributed by atoms with Gasteiger partial charge in [-0.1, -0.05) is 6.92 Å². The van der Waals surface area contributed by atoms with Gasteiger partial charge in [-0.2, -0.15) is 0 Å². The predicted molar refractivity (Wildman–Crippen MR) is 74.9 cm³/mol. The third-order valence-electron chi connectivity index (χ3n) is 3.57. The van der Waals surface area contributed by atoms with Crippen LogP contribution in [0.5, 0.6) is 0 Å². The average Bonchev–Trinajstić information content (AvgIpc) is 2.93. The maximum atomic E-state index is 3.61. The summed E-state index contributed by atoms with van der Waals surface area (Å²) in [5, 5.41) is 3.61. The summed E-state index contributed by atoms with van der Waals surface area (Å²) < 4.78 is 6.07. The minimum Gasteiger partial charge on any atom is -0.313 e. The van der Waals surface area contributed by atoms with Crippen molar-refractivity contribution < 1.29 is 0 Å². The van der Waals surface area contributed by atoms with Crippen molar-refractivity contribution in [2.45, 2.75) is 38.3 Å². The number of rotatable bonds is 6. The quantitative estimate of drug-likeness (QED) is 0.692. The van der Waals surface area contributed by atoms with E-state index in [4.69, 9.17) is 0 Å². The van der Waals surface area contributed by atoms with Gasteiger partial charge in [-0.05, 0) is 39.4 Å². The molecule has 0 aliphatic carbocycles. The smallest absolute Gasteiger partial charge is 0.0323 e. The van der Waals surface area contributed by atoms with Gasteiger partial charge in [-0.3, -0.25) is 0 Å². The third-order valence-corrected chi connectivity index (χ3v) is 4.60. The molecule has 100 valence electrons. The molecular formula is C12H26N4S. The SMILES string of the molecule is CCCNC1CCN(SNC2CCN(C)C2)C1. The molecule has 0 radical (unpaired) electrons. The summed E-state index contributed by atoms with van der Waals surface area (Å²) in [6, 6.07) is 1.38. The first-order chi connectivity index (χ1) is 8.28. The number of likely N-dealkylation sites (N-methyl/N-ethyl adjacent to an activating group) is 1. The second kappa shape index (κ2) is 6.95. The van der Waals surface area contributed by atoms with E-state index in [-0.39, 0.29) is 0 Å². The Labute approximate surface area is 110 Å². The minimum atomic E-state index is 0.674. The van der Waals surface area contributed by atoms with Crippen LogP contribution in [0.15, 0.2) is 0 Å². The molecule has 0 aromatic rings. The van der Waals surface area contributed by atoms with Gasteiger partial charge in [0.1, 0.15) is 0 Å². The molecule has 2 unspecified atom stereocenters. The highest BCUT2D eigenvalue weighted by Gasteiger charge is 2.24. The topological polar surface area (TPSA) is 30.5 Å². The van der Waals surface area contributed by atoms with Crippen molar-refractivity contribution in [1.82, 2.24) is 19.2 Å². The van der Waals surface area contributed by atoms with Crippen molar-refractivity contribution >= 4 is 12.1 Å². The number of likely N-dealkylation sites (tertiary alicyclic amines) is 1. The predicted octanol–water partition coefficient (Wildman–Crippen LogP) is 0.917. The molecule has 2 atom stereocenters. The van der Waals surface area contributed by atoms with Crippen LogP contribution in [-0.4, -0.2) is 61.1 Å². The lowest BCUT2D eigenvalue weighted by Crippen LogP contribution is -2.33. The van der Waals surface area contributed by atoms with Crippen molar-refractivity contribution in [2.24, 2.45) is 0 Å². The molecule has 2 N–H and O–H groups in total. The molecule has 2 aliphatic rings. The van der Waals surface area contributed by atoms with E-state index >= 15 is 0 Å². The van der Waals surface area contributed by atoms with Crippen LogP contribution in [-0.2, 0) is 0 Å². The Morgan fingerprint density at radius 3 is 2.71 bits per heavy atom. The largest absolute Gasteiger partial charge is 0.313 e. The van der Waals surface area contributed by atoms with Gasteiger partial charge in [-0.15, -0.1) is 0 Å². The van der Waals surface area contributed by atoms with E-state index in [0.717, 1.165) is 6.54 Å². The van der Waals surface area contributed by atoms with Crippen LogP contribution in [0.4, 0.5) is 0 Å². The fourth-order valence-corrected chi connectivity index (χ4v) is 3.45. The number of hydrogen-bond donors (Lipinski definition) is 2. The molecule has 0 saturated carbocycles. The van der Waals surface area contributed by atoms with Gasteiger partial charge in [-0.25, -0.2) is 9.03 Å². The van der Waals surface area contributed by atoms with Gasteiger partial charge in [0.05, 0.1) is 0 Å². The van der Waals surface area contributed by atoms with Crippen LogP contribution < -0.4 is 10.0 Å². The lowest BCUT2D eigenvalue weighted by atomic mass is 10.2. The first-order valence-corrected chi connectivity index (χ1v) is 7.64. The molecule has 17 heavy (non-hydrogen) atoms. The molecule has 2 rings (SSSR count). The van der Waals surface area contributed by atoms with Crippen LogP contribution >= 0.6 is 12.1 Å². The molecular weight excluding hydrogens is 232 g/mol. The molecule has 0 amide bonds. The van der Waals surface area contributed by atoms with Crippen LogP contribution in [0.1, 0.15) is 26.2 Å². The van der Waals surface area contributed by atoms with Gasteiger partial charge in [0.2, 0.25) is 0 Å². The number of hydrogen-bond acceptors (Lipinski definition) is 5. The molecule has 0 aromatic heterocycles. The minimum absolute atomic E-state index is 0.674. The van der Waals surface area contributed by atoms with Gasteiger partial charge >= 0.3 is 0 Å². The second-order valence-corrected chi connectivity index (χ2v) is 6.22. The molecule has 0 spiro atoms. The van der Waals surface area contributed by atoms with E-state index in [1.807, 2.05) is 12.1 Å². The Morgan fingerprint density at radius 2 is 2.00 bits per heavy atom. The van der Waals surface area contributed by atoms with Crippen LogP contribution in [0.25, 0.3) is 0 Å². The lowest BCUT2D eigenvalue weighted by Gasteiger charge is -2.18. The molecule has 4 nitrogen and oxygen atoms in total. The highest BCUT2D eigenvalue weighted by molar-refractivity contribution is 7.95. The monoisotopic (exact) mass is 258 g/mol. The summed E-state index contributed by atoms with van der Waals surface area (Å²) in [7, 11) is 2.20. The van der Waals surface area contributed by atoms with E-state index in [0.29, 0.717) is 12.1 Å². The summed E-state index contributed by atoms with van der Waals surface area (Å²) in [6.07, 6.45) is 3.81. The Balaban J connectivity index is 1.58.